The molecule has 0 saturated carbocycles. The van der Waals surface area contributed by atoms with Crippen LogP contribution < -0.4 is 0 Å². The fourth-order valence-corrected chi connectivity index (χ4v) is 2.77. The van der Waals surface area contributed by atoms with Gasteiger partial charge in [-0.2, -0.15) is 5.26 Å². The maximum absolute atomic E-state index is 8.80. The number of hydrogen-bond donors (Lipinski definition) is 0. The maximum Gasteiger partial charge on any atom is 0.0638 e. The first-order valence-corrected chi connectivity index (χ1v) is 6.60. The van der Waals surface area contributed by atoms with Crippen LogP contribution >= 0.6 is 0 Å². The van der Waals surface area contributed by atoms with Crippen molar-refractivity contribution in [3.63, 3.8) is 0 Å². The topological polar surface area (TPSA) is 27.0 Å². The highest BCUT2D eigenvalue weighted by molar-refractivity contribution is 4.87. The van der Waals surface area contributed by atoms with Crippen LogP contribution in [0.3, 0.4) is 0 Å². The summed E-state index contributed by atoms with van der Waals surface area (Å²) in [5.74, 6) is 0.850. The lowest BCUT2D eigenvalue weighted by molar-refractivity contribution is 0.0822. The number of nitrogens with zero attached hydrogens (tertiary/aromatic N) is 2. The molecule has 0 amide bonds. The van der Waals surface area contributed by atoms with Crippen molar-refractivity contribution in [2.75, 3.05) is 13.1 Å². The smallest absolute Gasteiger partial charge is 0.0638 e. The van der Waals surface area contributed by atoms with Gasteiger partial charge in [-0.05, 0) is 43.7 Å². The summed E-state index contributed by atoms with van der Waals surface area (Å²) in [5, 5.41) is 8.80. The SMILES string of the molecule is CCC(CC#N)N1CCC(C(C)(C)C)CC1. The van der Waals surface area contributed by atoms with E-state index < -0.39 is 0 Å². The van der Waals surface area contributed by atoms with E-state index in [1.165, 1.54) is 25.9 Å². The molecule has 0 aromatic rings. The molecule has 1 fully saturated rings. The molecule has 1 unspecified atom stereocenters. The molecular weight excluding hydrogens is 196 g/mol. The molecule has 0 aliphatic carbocycles. The zero-order valence-electron chi connectivity index (χ0n) is 11.3. The van der Waals surface area contributed by atoms with Crippen LogP contribution in [0.1, 0.15) is 53.4 Å². The lowest BCUT2D eigenvalue weighted by Gasteiger charge is -2.41. The molecule has 2 heteroatoms. The Hall–Kier alpha value is -0.550. The molecule has 0 aromatic carbocycles. The molecular formula is C14H26N2. The Morgan fingerprint density at radius 3 is 2.25 bits per heavy atom. The summed E-state index contributed by atoms with van der Waals surface area (Å²) in [5.41, 5.74) is 0.447. The van der Waals surface area contributed by atoms with Crippen molar-refractivity contribution in [1.29, 1.82) is 5.26 Å². The van der Waals surface area contributed by atoms with Crippen molar-refractivity contribution in [2.45, 2.75) is 59.4 Å². The Bertz CT molecular complexity index is 238. The van der Waals surface area contributed by atoms with Crippen molar-refractivity contribution in [2.24, 2.45) is 11.3 Å². The van der Waals surface area contributed by atoms with Gasteiger partial charge >= 0.3 is 0 Å². The number of hydrogen-bond acceptors (Lipinski definition) is 2. The van der Waals surface area contributed by atoms with Gasteiger partial charge in [-0.15, -0.1) is 0 Å². The van der Waals surface area contributed by atoms with Crippen molar-refractivity contribution in [3.05, 3.63) is 0 Å². The molecule has 0 N–H and O–H groups in total. The zero-order valence-corrected chi connectivity index (χ0v) is 11.3. The molecule has 0 radical (unpaired) electrons. The van der Waals surface area contributed by atoms with E-state index in [1.807, 2.05) is 0 Å². The second-order valence-corrected chi connectivity index (χ2v) is 6.10. The highest BCUT2D eigenvalue weighted by atomic mass is 15.2. The summed E-state index contributed by atoms with van der Waals surface area (Å²) < 4.78 is 0. The lowest BCUT2D eigenvalue weighted by atomic mass is 9.75. The van der Waals surface area contributed by atoms with Crippen LogP contribution in [0.5, 0.6) is 0 Å². The van der Waals surface area contributed by atoms with Gasteiger partial charge in [0.1, 0.15) is 0 Å². The minimum absolute atomic E-state index is 0.447. The summed E-state index contributed by atoms with van der Waals surface area (Å²) in [7, 11) is 0. The number of likely N-dealkylation sites (tertiary alicyclic amines) is 1. The van der Waals surface area contributed by atoms with Gasteiger partial charge in [-0.3, -0.25) is 4.90 Å². The van der Waals surface area contributed by atoms with Crippen LogP contribution in [-0.4, -0.2) is 24.0 Å². The molecule has 1 atom stereocenters. The Kier molecular flexibility index (Phi) is 4.80. The minimum atomic E-state index is 0.447. The van der Waals surface area contributed by atoms with E-state index in [9.17, 15) is 0 Å². The fourth-order valence-electron chi connectivity index (χ4n) is 2.77. The fraction of sp³-hybridized carbons (Fsp3) is 0.929. The maximum atomic E-state index is 8.80. The van der Waals surface area contributed by atoms with E-state index in [0.29, 0.717) is 17.9 Å². The molecule has 0 bridgehead atoms. The number of rotatable bonds is 3. The first-order valence-electron chi connectivity index (χ1n) is 6.60. The van der Waals surface area contributed by atoms with E-state index in [0.717, 1.165) is 12.3 Å². The molecule has 2 nitrogen and oxygen atoms in total. The average molecular weight is 222 g/mol. The highest BCUT2D eigenvalue weighted by Gasteiger charge is 2.30. The van der Waals surface area contributed by atoms with Gasteiger partial charge in [0.2, 0.25) is 0 Å². The summed E-state index contributed by atoms with van der Waals surface area (Å²) in [6.45, 7) is 11.6. The predicted molar refractivity (Wildman–Crippen MR) is 68.1 cm³/mol. The average Bonchev–Trinajstić information content (AvgIpc) is 2.25. The van der Waals surface area contributed by atoms with Crippen LogP contribution in [0.15, 0.2) is 0 Å². The van der Waals surface area contributed by atoms with Crippen molar-refractivity contribution in [1.82, 2.24) is 4.90 Å². The van der Waals surface area contributed by atoms with E-state index in [2.05, 4.69) is 38.7 Å². The second-order valence-electron chi connectivity index (χ2n) is 6.10. The first-order chi connectivity index (χ1) is 7.49. The predicted octanol–water partition coefficient (Wildman–Crippen LogP) is 3.44. The zero-order chi connectivity index (χ0) is 12.2. The van der Waals surface area contributed by atoms with Crippen molar-refractivity contribution < 1.29 is 0 Å². The third-order valence-corrected chi connectivity index (χ3v) is 4.07. The van der Waals surface area contributed by atoms with Gasteiger partial charge in [0.25, 0.3) is 0 Å². The second kappa shape index (κ2) is 5.68. The molecule has 16 heavy (non-hydrogen) atoms. The van der Waals surface area contributed by atoms with Gasteiger partial charge < -0.3 is 0 Å². The molecule has 1 heterocycles. The van der Waals surface area contributed by atoms with Crippen molar-refractivity contribution >= 4 is 0 Å². The quantitative estimate of drug-likeness (QED) is 0.731. The number of piperidine rings is 1. The summed E-state index contributed by atoms with van der Waals surface area (Å²) in [6, 6.07) is 2.81. The number of nitriles is 1. The standard InChI is InChI=1S/C14H26N2/c1-5-13(6-9-15)16-10-7-12(8-11-16)14(2,3)4/h12-13H,5-8,10-11H2,1-4H3. The Labute approximate surface area is 101 Å². The Morgan fingerprint density at radius 2 is 1.88 bits per heavy atom. The van der Waals surface area contributed by atoms with Gasteiger partial charge in [0.15, 0.2) is 0 Å². The highest BCUT2D eigenvalue weighted by Crippen LogP contribution is 2.35. The molecule has 1 aliphatic heterocycles. The third kappa shape index (κ3) is 3.49. The molecule has 1 aliphatic rings. The minimum Gasteiger partial charge on any atom is -0.299 e. The Morgan fingerprint density at radius 1 is 1.31 bits per heavy atom. The van der Waals surface area contributed by atoms with Crippen LogP contribution in [0.2, 0.25) is 0 Å². The Balaban J connectivity index is 2.45. The van der Waals surface area contributed by atoms with E-state index in [-0.39, 0.29) is 0 Å². The summed E-state index contributed by atoms with van der Waals surface area (Å²) in [6.07, 6.45) is 4.39. The monoisotopic (exact) mass is 222 g/mol. The van der Waals surface area contributed by atoms with Gasteiger partial charge in [-0.25, -0.2) is 0 Å². The third-order valence-electron chi connectivity index (χ3n) is 4.07. The van der Waals surface area contributed by atoms with E-state index in [1.54, 1.807) is 0 Å². The van der Waals surface area contributed by atoms with E-state index in [4.69, 9.17) is 5.26 Å². The van der Waals surface area contributed by atoms with Gasteiger partial charge in [0, 0.05) is 6.04 Å². The summed E-state index contributed by atoms with van der Waals surface area (Å²) in [4.78, 5) is 2.52. The largest absolute Gasteiger partial charge is 0.299 e. The van der Waals surface area contributed by atoms with Crippen molar-refractivity contribution in [3.8, 4) is 6.07 Å². The van der Waals surface area contributed by atoms with Crippen LogP contribution in [0.25, 0.3) is 0 Å². The van der Waals surface area contributed by atoms with Crippen LogP contribution in [-0.2, 0) is 0 Å². The molecule has 0 spiro atoms. The molecule has 0 aromatic heterocycles. The summed E-state index contributed by atoms with van der Waals surface area (Å²) >= 11 is 0. The van der Waals surface area contributed by atoms with Crippen LogP contribution in [0, 0.1) is 22.7 Å². The molecule has 1 saturated heterocycles. The van der Waals surface area contributed by atoms with Gasteiger partial charge in [-0.1, -0.05) is 27.7 Å². The van der Waals surface area contributed by atoms with Crippen LogP contribution in [0.4, 0.5) is 0 Å². The molecule has 1 rings (SSSR count). The first kappa shape index (κ1) is 13.5. The lowest BCUT2D eigenvalue weighted by Crippen LogP contribution is -2.43. The normalized spacial score (nSPS) is 21.7. The van der Waals surface area contributed by atoms with E-state index >= 15 is 0 Å². The molecule has 92 valence electrons. The van der Waals surface area contributed by atoms with Gasteiger partial charge in [0.05, 0.1) is 12.5 Å².